The zero-order valence-corrected chi connectivity index (χ0v) is 12.7. The Balaban J connectivity index is 0.00000162. The van der Waals surface area contributed by atoms with E-state index in [0.717, 1.165) is 0 Å². The van der Waals surface area contributed by atoms with Gasteiger partial charge >= 0.3 is 29.6 Å². The van der Waals surface area contributed by atoms with Gasteiger partial charge in [-0.1, -0.05) is 24.0 Å². The zero-order valence-electron chi connectivity index (χ0n) is 9.84. The first kappa shape index (κ1) is 15.2. The second-order valence-corrected chi connectivity index (χ2v) is 5.81. The van der Waals surface area contributed by atoms with Crippen LogP contribution < -0.4 is 40.4 Å². The van der Waals surface area contributed by atoms with Crippen molar-refractivity contribution in [1.29, 1.82) is 0 Å². The number of rotatable bonds is 1. The van der Waals surface area contributed by atoms with E-state index in [9.17, 15) is 18.3 Å². The average molecular weight is 275 g/mol. The van der Waals surface area contributed by atoms with Gasteiger partial charge in [-0.05, 0) is 18.1 Å². The molecular formula is C11H10NNaO4S. The molecule has 2 rings (SSSR count). The molecule has 1 aromatic rings. The number of amides is 1. The summed E-state index contributed by atoms with van der Waals surface area (Å²) in [4.78, 5) is 11.1. The largest absolute Gasteiger partial charge is 1.00 e. The van der Waals surface area contributed by atoms with Crippen LogP contribution in [-0.4, -0.2) is 20.1 Å². The first-order valence-corrected chi connectivity index (χ1v) is 6.61. The van der Waals surface area contributed by atoms with Crippen LogP contribution in [0.3, 0.4) is 0 Å². The van der Waals surface area contributed by atoms with Gasteiger partial charge in [-0.2, -0.15) is 0 Å². The predicted molar refractivity (Wildman–Crippen MR) is 59.2 cm³/mol. The maximum atomic E-state index is 12.0. The molecule has 0 unspecified atom stereocenters. The molecule has 0 aliphatic carbocycles. The molecule has 0 fully saturated rings. The van der Waals surface area contributed by atoms with Gasteiger partial charge in [0.15, 0.2) is 9.84 Å². The summed E-state index contributed by atoms with van der Waals surface area (Å²) in [6, 6.07) is 5.85. The van der Waals surface area contributed by atoms with E-state index >= 15 is 0 Å². The fourth-order valence-electron chi connectivity index (χ4n) is 1.78. The van der Waals surface area contributed by atoms with Gasteiger partial charge in [0, 0.05) is 5.57 Å². The van der Waals surface area contributed by atoms with Crippen LogP contribution in [0.25, 0.3) is 5.76 Å². The van der Waals surface area contributed by atoms with Crippen molar-refractivity contribution < 1.29 is 47.9 Å². The third kappa shape index (κ3) is 2.61. The maximum Gasteiger partial charge on any atom is 1.00 e. The summed E-state index contributed by atoms with van der Waals surface area (Å²) < 4.78 is 23.8. The van der Waals surface area contributed by atoms with E-state index in [1.807, 2.05) is 0 Å². The first-order chi connectivity index (χ1) is 7.93. The normalized spacial score (nSPS) is 17.3. The summed E-state index contributed by atoms with van der Waals surface area (Å²) in [6.45, 7) is 0. The van der Waals surface area contributed by atoms with E-state index in [2.05, 4.69) is 0 Å². The Bertz CT molecular complexity index is 622. The minimum absolute atomic E-state index is 0. The Kier molecular flexibility index (Phi) is 4.61. The molecule has 1 aliphatic rings. The SMILES string of the molecule is NC(=O)C1=C([O-])c2ccccc2S(=O)(=O)CC1.[Na+]. The number of carbonyl (C=O) groups excluding carboxylic acids is 1. The van der Waals surface area contributed by atoms with E-state index in [1.165, 1.54) is 12.1 Å². The fraction of sp³-hybridized carbons (Fsp3) is 0.182. The average Bonchev–Trinajstić information content (AvgIpc) is 2.37. The van der Waals surface area contributed by atoms with E-state index in [4.69, 9.17) is 5.73 Å². The minimum atomic E-state index is -3.53. The molecule has 2 N–H and O–H groups in total. The molecule has 0 bridgehead atoms. The smallest absolute Gasteiger partial charge is 0.872 e. The molecule has 1 amide bonds. The molecule has 5 nitrogen and oxygen atoms in total. The van der Waals surface area contributed by atoms with Crippen molar-refractivity contribution in [3.63, 3.8) is 0 Å². The van der Waals surface area contributed by atoms with Crippen molar-refractivity contribution in [1.82, 2.24) is 0 Å². The van der Waals surface area contributed by atoms with Crippen LogP contribution in [0.4, 0.5) is 0 Å². The van der Waals surface area contributed by atoms with Crippen LogP contribution in [0.2, 0.25) is 0 Å². The molecule has 0 aromatic heterocycles. The Morgan fingerprint density at radius 1 is 1.28 bits per heavy atom. The number of hydrogen-bond acceptors (Lipinski definition) is 4. The van der Waals surface area contributed by atoms with Gasteiger partial charge in [-0.3, -0.25) is 4.79 Å². The molecule has 18 heavy (non-hydrogen) atoms. The third-order valence-electron chi connectivity index (χ3n) is 2.66. The van der Waals surface area contributed by atoms with Crippen LogP contribution in [0.15, 0.2) is 34.7 Å². The summed E-state index contributed by atoms with van der Waals surface area (Å²) in [7, 11) is -3.53. The van der Waals surface area contributed by atoms with Gasteiger partial charge in [0.25, 0.3) is 0 Å². The Labute approximate surface area is 127 Å². The topological polar surface area (TPSA) is 100 Å². The monoisotopic (exact) mass is 275 g/mol. The molecule has 0 saturated carbocycles. The second-order valence-electron chi connectivity index (χ2n) is 3.74. The predicted octanol–water partition coefficient (Wildman–Crippen LogP) is -3.58. The van der Waals surface area contributed by atoms with Crippen LogP contribution in [-0.2, 0) is 14.6 Å². The summed E-state index contributed by atoms with van der Waals surface area (Å²) in [6.07, 6.45) is -0.134. The number of nitrogens with two attached hydrogens (primary N) is 1. The second kappa shape index (κ2) is 5.44. The minimum Gasteiger partial charge on any atom is -0.872 e. The summed E-state index contributed by atoms with van der Waals surface area (Å²) in [5, 5.41) is 12.0. The molecule has 0 saturated heterocycles. The van der Waals surface area contributed by atoms with Crippen molar-refractivity contribution >= 4 is 21.5 Å². The number of primary amides is 1. The standard InChI is InChI=1S/C11H11NO4S.Na/c12-11(14)8-5-6-17(15,16)9-4-2-1-3-7(9)10(8)13;/h1-4,13H,5-6H2,(H2,12,14);/q;+1/p-1. The van der Waals surface area contributed by atoms with Crippen LogP contribution in [0, 0.1) is 0 Å². The van der Waals surface area contributed by atoms with E-state index in [-0.39, 0.29) is 57.8 Å². The first-order valence-electron chi connectivity index (χ1n) is 4.95. The van der Waals surface area contributed by atoms with Crippen molar-refractivity contribution in [2.24, 2.45) is 5.73 Å². The summed E-state index contributed by atoms with van der Waals surface area (Å²) in [5.41, 5.74) is 4.95. The fourth-order valence-corrected chi connectivity index (χ4v) is 3.26. The van der Waals surface area contributed by atoms with E-state index in [1.54, 1.807) is 12.1 Å². The third-order valence-corrected chi connectivity index (χ3v) is 4.43. The number of hydrogen-bond donors (Lipinski definition) is 1. The molecule has 0 atom stereocenters. The quantitative estimate of drug-likeness (QED) is 0.536. The van der Waals surface area contributed by atoms with Crippen LogP contribution in [0.1, 0.15) is 12.0 Å². The molecule has 90 valence electrons. The van der Waals surface area contributed by atoms with Crippen molar-refractivity contribution in [3.05, 3.63) is 35.4 Å². The number of carbonyl (C=O) groups is 1. The van der Waals surface area contributed by atoms with E-state index in [0.29, 0.717) is 0 Å². The van der Waals surface area contributed by atoms with Crippen molar-refractivity contribution in [2.45, 2.75) is 11.3 Å². The molecule has 7 heteroatoms. The van der Waals surface area contributed by atoms with Crippen LogP contribution >= 0.6 is 0 Å². The Morgan fingerprint density at radius 2 is 1.89 bits per heavy atom. The van der Waals surface area contributed by atoms with Gasteiger partial charge < -0.3 is 10.8 Å². The van der Waals surface area contributed by atoms with Gasteiger partial charge in [-0.25, -0.2) is 8.42 Å². The number of sulfone groups is 1. The molecule has 0 radical (unpaired) electrons. The molecular weight excluding hydrogens is 265 g/mol. The van der Waals surface area contributed by atoms with Crippen molar-refractivity contribution in [2.75, 3.05) is 5.75 Å². The molecule has 1 heterocycles. The molecule has 0 spiro atoms. The van der Waals surface area contributed by atoms with Crippen LogP contribution in [0.5, 0.6) is 0 Å². The van der Waals surface area contributed by atoms with E-state index < -0.39 is 21.5 Å². The molecule has 1 aromatic carbocycles. The van der Waals surface area contributed by atoms with Gasteiger partial charge in [-0.15, -0.1) is 0 Å². The Hall–Kier alpha value is -0.820. The van der Waals surface area contributed by atoms with Gasteiger partial charge in [0.1, 0.15) is 0 Å². The Morgan fingerprint density at radius 3 is 2.50 bits per heavy atom. The number of benzene rings is 1. The van der Waals surface area contributed by atoms with Gasteiger partial charge in [0.05, 0.1) is 10.6 Å². The summed E-state index contributed by atoms with van der Waals surface area (Å²) in [5.74, 6) is -1.72. The maximum absolute atomic E-state index is 12.0. The van der Waals surface area contributed by atoms with Crippen molar-refractivity contribution in [3.8, 4) is 0 Å². The van der Waals surface area contributed by atoms with Gasteiger partial charge in [0.2, 0.25) is 5.91 Å². The zero-order chi connectivity index (χ0) is 12.6. The summed E-state index contributed by atoms with van der Waals surface area (Å²) >= 11 is 0. The molecule has 1 aliphatic heterocycles. The number of fused-ring (bicyclic) bond motifs is 1.